The predicted molar refractivity (Wildman–Crippen MR) is 112 cm³/mol. The third kappa shape index (κ3) is 6.52. The molecule has 1 fully saturated rings. The number of aldehydes is 1. The van der Waals surface area contributed by atoms with Crippen LogP contribution < -0.4 is 4.74 Å². The van der Waals surface area contributed by atoms with Crippen LogP contribution >= 0.6 is 0 Å². The largest absolute Gasteiger partial charge is 0.494 e. The van der Waals surface area contributed by atoms with Crippen LogP contribution in [0, 0.1) is 0 Å². The highest BCUT2D eigenvalue weighted by Gasteiger charge is 2.16. The van der Waals surface area contributed by atoms with Gasteiger partial charge < -0.3 is 14.5 Å². The van der Waals surface area contributed by atoms with Gasteiger partial charge in [-0.2, -0.15) is 0 Å². The number of rotatable bonds is 8. The number of hydrogen-bond donors (Lipinski definition) is 0. The fraction of sp³-hybridized carbons (Fsp3) is 0.500. The van der Waals surface area contributed by atoms with Gasteiger partial charge in [-0.05, 0) is 49.7 Å². The number of carbonyl (C=O) groups excluding carboxylic acids is 1. The van der Waals surface area contributed by atoms with Crippen molar-refractivity contribution < 1.29 is 9.53 Å². The molecular formula is C22H33N3O2. The van der Waals surface area contributed by atoms with Gasteiger partial charge in [-0.25, -0.2) is 0 Å². The van der Waals surface area contributed by atoms with Crippen LogP contribution in [0.2, 0.25) is 0 Å². The minimum atomic E-state index is 0.634. The molecule has 0 N–H and O–H groups in total. The maximum atomic E-state index is 11.1. The molecular weight excluding hydrogens is 338 g/mol. The van der Waals surface area contributed by atoms with E-state index in [2.05, 4.69) is 35.0 Å². The minimum absolute atomic E-state index is 0.634. The Balaban J connectivity index is 2.30. The van der Waals surface area contributed by atoms with Gasteiger partial charge in [0.1, 0.15) is 12.0 Å². The van der Waals surface area contributed by atoms with Crippen molar-refractivity contribution >= 4 is 11.9 Å². The van der Waals surface area contributed by atoms with Crippen molar-refractivity contribution in [3.63, 3.8) is 0 Å². The van der Waals surface area contributed by atoms with E-state index < -0.39 is 0 Å². The first-order chi connectivity index (χ1) is 12.9. The molecule has 1 heterocycles. The molecule has 5 heteroatoms. The lowest BCUT2D eigenvalue weighted by Gasteiger charge is -2.32. The molecule has 0 unspecified atom stereocenters. The number of hydrogen-bond acceptors (Lipinski definition) is 5. The molecule has 0 saturated carbocycles. The lowest BCUT2D eigenvalue weighted by Crippen LogP contribution is -2.43. The van der Waals surface area contributed by atoms with E-state index in [-0.39, 0.29) is 0 Å². The van der Waals surface area contributed by atoms with Gasteiger partial charge in [-0.1, -0.05) is 12.1 Å². The van der Waals surface area contributed by atoms with E-state index in [0.717, 1.165) is 55.9 Å². The maximum absolute atomic E-state index is 11.1. The number of allylic oxidation sites excluding steroid dienone is 3. The summed E-state index contributed by atoms with van der Waals surface area (Å²) in [6, 6.07) is 6.38. The third-order valence-corrected chi connectivity index (χ3v) is 4.66. The van der Waals surface area contributed by atoms with Gasteiger partial charge in [0.15, 0.2) is 0 Å². The molecule has 2 rings (SSSR count). The van der Waals surface area contributed by atoms with Crippen LogP contribution in [0.5, 0.6) is 5.75 Å². The molecule has 0 aromatic heterocycles. The van der Waals surface area contributed by atoms with Crippen LogP contribution in [-0.2, 0) is 11.3 Å². The second kappa shape index (κ2) is 10.3. The van der Waals surface area contributed by atoms with Crippen molar-refractivity contribution in [2.24, 2.45) is 0 Å². The molecule has 0 spiro atoms. The molecule has 1 aliphatic rings. The van der Waals surface area contributed by atoms with Crippen molar-refractivity contribution in [3.05, 3.63) is 47.2 Å². The number of nitrogens with zero attached hydrogens (tertiary/aromatic N) is 3. The van der Waals surface area contributed by atoms with Crippen molar-refractivity contribution in [3.8, 4) is 5.75 Å². The normalized spacial score (nSPS) is 17.1. The lowest BCUT2D eigenvalue weighted by atomic mass is 10.0. The Morgan fingerprint density at radius 3 is 2.52 bits per heavy atom. The quantitative estimate of drug-likeness (QED) is 0.399. The summed E-state index contributed by atoms with van der Waals surface area (Å²) in [4.78, 5) is 17.9. The van der Waals surface area contributed by atoms with E-state index in [1.807, 2.05) is 45.1 Å². The van der Waals surface area contributed by atoms with Gasteiger partial charge in [0.25, 0.3) is 0 Å². The van der Waals surface area contributed by atoms with Crippen molar-refractivity contribution in [2.45, 2.75) is 20.4 Å². The zero-order valence-corrected chi connectivity index (χ0v) is 17.4. The van der Waals surface area contributed by atoms with E-state index >= 15 is 0 Å². The van der Waals surface area contributed by atoms with Gasteiger partial charge in [-0.3, -0.25) is 9.69 Å². The zero-order chi connectivity index (χ0) is 19.8. The highest BCUT2D eigenvalue weighted by molar-refractivity contribution is 5.83. The molecule has 0 atom stereocenters. The molecule has 0 bridgehead atoms. The van der Waals surface area contributed by atoms with E-state index in [9.17, 15) is 4.79 Å². The molecule has 5 nitrogen and oxygen atoms in total. The smallest absolute Gasteiger partial charge is 0.145 e. The zero-order valence-electron chi connectivity index (χ0n) is 17.4. The molecule has 0 amide bonds. The summed E-state index contributed by atoms with van der Waals surface area (Å²) in [6.45, 7) is 9.74. The fourth-order valence-corrected chi connectivity index (χ4v) is 3.15. The van der Waals surface area contributed by atoms with Crippen molar-refractivity contribution in [1.82, 2.24) is 14.7 Å². The van der Waals surface area contributed by atoms with Gasteiger partial charge in [0.05, 0.1) is 6.61 Å². The molecule has 1 aromatic rings. The molecule has 0 radical (unpaired) electrons. The van der Waals surface area contributed by atoms with E-state index in [0.29, 0.717) is 12.2 Å². The van der Waals surface area contributed by atoms with E-state index in [1.54, 1.807) is 0 Å². The van der Waals surface area contributed by atoms with Crippen LogP contribution in [0.3, 0.4) is 0 Å². The third-order valence-electron chi connectivity index (χ3n) is 4.66. The number of benzene rings is 1. The Morgan fingerprint density at radius 1 is 1.22 bits per heavy atom. The number of carbonyl (C=O) groups is 1. The summed E-state index contributed by atoms with van der Waals surface area (Å²) < 4.78 is 5.96. The summed E-state index contributed by atoms with van der Waals surface area (Å²) in [5, 5.41) is 0. The Kier molecular flexibility index (Phi) is 8.07. The summed E-state index contributed by atoms with van der Waals surface area (Å²) >= 11 is 0. The average molecular weight is 372 g/mol. The SMILES string of the molecule is CCOc1cc(C(/C=C(/C)C=O)=C/N(C)C)ccc1CN1CCN(C)CC1. The van der Waals surface area contributed by atoms with Crippen LogP contribution in [-0.4, -0.2) is 74.9 Å². The molecule has 148 valence electrons. The first-order valence-electron chi connectivity index (χ1n) is 9.61. The van der Waals surface area contributed by atoms with E-state index in [1.165, 1.54) is 5.56 Å². The highest BCUT2D eigenvalue weighted by Crippen LogP contribution is 2.28. The Labute approximate surface area is 163 Å². The summed E-state index contributed by atoms with van der Waals surface area (Å²) in [5.41, 5.74) is 3.96. The molecule has 1 saturated heterocycles. The average Bonchev–Trinajstić information content (AvgIpc) is 2.64. The van der Waals surface area contributed by atoms with Crippen LogP contribution in [0.15, 0.2) is 36.0 Å². The predicted octanol–water partition coefficient (Wildman–Crippen LogP) is 2.88. The van der Waals surface area contributed by atoms with Crippen LogP contribution in [0.25, 0.3) is 5.57 Å². The Hall–Kier alpha value is -2.11. The monoisotopic (exact) mass is 371 g/mol. The van der Waals surface area contributed by atoms with E-state index in [4.69, 9.17) is 4.74 Å². The second-order valence-corrected chi connectivity index (χ2v) is 7.39. The van der Waals surface area contributed by atoms with Gasteiger partial charge in [0, 0.05) is 58.6 Å². The minimum Gasteiger partial charge on any atom is -0.494 e. The van der Waals surface area contributed by atoms with Gasteiger partial charge in [0.2, 0.25) is 0 Å². The Bertz CT molecular complexity index is 687. The van der Waals surface area contributed by atoms with Crippen molar-refractivity contribution in [1.29, 1.82) is 0 Å². The lowest BCUT2D eigenvalue weighted by molar-refractivity contribution is -0.104. The standard InChI is InChI=1S/C22H33N3O2/c1-6-27-22-14-19(21(15-23(3)4)13-18(2)17-26)7-8-20(22)16-25-11-9-24(5)10-12-25/h7-8,13-15,17H,6,9-12,16H2,1-5H3/b18-13-,21-15+. The first-order valence-corrected chi connectivity index (χ1v) is 9.61. The molecule has 1 aromatic carbocycles. The molecule has 27 heavy (non-hydrogen) atoms. The molecule has 0 aliphatic carbocycles. The van der Waals surface area contributed by atoms with Crippen LogP contribution in [0.1, 0.15) is 25.0 Å². The fourth-order valence-electron chi connectivity index (χ4n) is 3.15. The number of likely N-dealkylation sites (N-methyl/N-ethyl adjacent to an activating group) is 1. The first kappa shape index (κ1) is 21.2. The summed E-state index contributed by atoms with van der Waals surface area (Å²) in [5.74, 6) is 0.927. The van der Waals surface area contributed by atoms with Crippen molar-refractivity contribution in [2.75, 3.05) is 53.9 Å². The maximum Gasteiger partial charge on any atom is 0.145 e. The number of piperazine rings is 1. The topological polar surface area (TPSA) is 36.0 Å². The van der Waals surface area contributed by atoms with Crippen LogP contribution in [0.4, 0.5) is 0 Å². The summed E-state index contributed by atoms with van der Waals surface area (Å²) in [6.07, 6.45) is 4.82. The van der Waals surface area contributed by atoms with Gasteiger partial charge in [-0.15, -0.1) is 0 Å². The highest BCUT2D eigenvalue weighted by atomic mass is 16.5. The number of ether oxygens (including phenoxy) is 1. The Morgan fingerprint density at radius 2 is 1.93 bits per heavy atom. The second-order valence-electron chi connectivity index (χ2n) is 7.39. The molecule has 1 aliphatic heterocycles. The summed E-state index contributed by atoms with van der Waals surface area (Å²) in [7, 11) is 6.13. The van der Waals surface area contributed by atoms with Gasteiger partial charge >= 0.3 is 0 Å².